The molecule has 4 rings (SSSR count). The highest BCUT2D eigenvalue weighted by Gasteiger charge is 2.15. The van der Waals surface area contributed by atoms with E-state index in [1.165, 1.54) is 6.07 Å². The number of imidazole rings is 1. The van der Waals surface area contributed by atoms with Crippen LogP contribution in [0.1, 0.15) is 27.0 Å². The molecule has 31 heavy (non-hydrogen) atoms. The third-order valence-electron chi connectivity index (χ3n) is 5.11. The van der Waals surface area contributed by atoms with E-state index >= 15 is 0 Å². The van der Waals surface area contributed by atoms with E-state index in [-0.39, 0.29) is 24.7 Å². The fourth-order valence-electron chi connectivity index (χ4n) is 3.49. The normalized spacial score (nSPS) is 10.7. The topological polar surface area (TPSA) is 92.7 Å². The lowest BCUT2D eigenvalue weighted by atomic mass is 10.1. The maximum Gasteiger partial charge on any atom is 0.330 e. The SMILES string of the molecule is Cc1ccc(Cn2c(=O)n(CCNC(=O)c3cccc(C#N)c3)c3ncccc32)cc1. The summed E-state index contributed by atoms with van der Waals surface area (Å²) in [6, 6.07) is 20.3. The molecule has 7 heteroatoms. The van der Waals surface area contributed by atoms with Gasteiger partial charge in [0.05, 0.1) is 23.7 Å². The number of nitrogens with one attached hydrogen (secondary N) is 1. The van der Waals surface area contributed by atoms with Crippen LogP contribution >= 0.6 is 0 Å². The summed E-state index contributed by atoms with van der Waals surface area (Å²) in [4.78, 5) is 29.9. The number of pyridine rings is 1. The van der Waals surface area contributed by atoms with Gasteiger partial charge in [0.15, 0.2) is 5.65 Å². The first-order valence-corrected chi connectivity index (χ1v) is 9.95. The largest absolute Gasteiger partial charge is 0.350 e. The smallest absolute Gasteiger partial charge is 0.330 e. The summed E-state index contributed by atoms with van der Waals surface area (Å²) in [6.45, 7) is 3.02. The van der Waals surface area contributed by atoms with Gasteiger partial charge in [0.1, 0.15) is 0 Å². The molecule has 7 nitrogen and oxygen atoms in total. The van der Waals surface area contributed by atoms with Crippen LogP contribution in [0.5, 0.6) is 0 Å². The molecule has 0 spiro atoms. The van der Waals surface area contributed by atoms with Crippen LogP contribution in [0, 0.1) is 18.3 Å². The van der Waals surface area contributed by atoms with Crippen molar-refractivity contribution in [1.29, 1.82) is 5.26 Å². The van der Waals surface area contributed by atoms with Gasteiger partial charge in [-0.25, -0.2) is 9.78 Å². The number of carbonyl (C=O) groups is 1. The molecule has 0 saturated heterocycles. The summed E-state index contributed by atoms with van der Waals surface area (Å²) in [7, 11) is 0. The minimum atomic E-state index is -0.290. The molecule has 0 aliphatic heterocycles. The van der Waals surface area contributed by atoms with Crippen LogP contribution in [0.3, 0.4) is 0 Å². The van der Waals surface area contributed by atoms with E-state index in [2.05, 4.69) is 10.3 Å². The van der Waals surface area contributed by atoms with E-state index in [0.717, 1.165) is 16.6 Å². The first-order valence-electron chi connectivity index (χ1n) is 9.95. The zero-order chi connectivity index (χ0) is 21.8. The number of rotatable bonds is 6. The van der Waals surface area contributed by atoms with Gasteiger partial charge in [0, 0.05) is 24.8 Å². The average Bonchev–Trinajstić information content (AvgIpc) is 3.06. The molecule has 2 aromatic heterocycles. The molecule has 0 unspecified atom stereocenters. The number of fused-ring (bicyclic) bond motifs is 1. The Bertz CT molecular complexity index is 1340. The summed E-state index contributed by atoms with van der Waals surface area (Å²) >= 11 is 0. The lowest BCUT2D eigenvalue weighted by molar-refractivity contribution is 0.0952. The summed E-state index contributed by atoms with van der Waals surface area (Å²) in [5.41, 5.74) is 4.19. The molecule has 0 aliphatic rings. The number of carbonyl (C=O) groups excluding carboxylic acids is 1. The Morgan fingerprint density at radius 3 is 2.68 bits per heavy atom. The van der Waals surface area contributed by atoms with Gasteiger partial charge in [0.25, 0.3) is 5.91 Å². The monoisotopic (exact) mass is 411 g/mol. The summed E-state index contributed by atoms with van der Waals surface area (Å²) in [5.74, 6) is -0.290. The number of nitriles is 1. The van der Waals surface area contributed by atoms with Crippen LogP contribution in [-0.4, -0.2) is 26.6 Å². The molecule has 0 fully saturated rings. The average molecular weight is 411 g/mol. The third kappa shape index (κ3) is 4.23. The minimum absolute atomic E-state index is 0.171. The van der Waals surface area contributed by atoms with Crippen molar-refractivity contribution in [3.05, 3.63) is 99.6 Å². The van der Waals surface area contributed by atoms with Gasteiger partial charge in [-0.05, 0) is 42.8 Å². The molecule has 0 saturated carbocycles. The van der Waals surface area contributed by atoms with Crippen LogP contribution in [0.2, 0.25) is 0 Å². The Morgan fingerprint density at radius 2 is 1.90 bits per heavy atom. The van der Waals surface area contributed by atoms with Crippen molar-refractivity contribution in [3.63, 3.8) is 0 Å². The van der Waals surface area contributed by atoms with Crippen molar-refractivity contribution in [3.8, 4) is 6.07 Å². The number of hydrogen-bond acceptors (Lipinski definition) is 4. The number of benzene rings is 2. The van der Waals surface area contributed by atoms with Gasteiger partial charge in [0.2, 0.25) is 0 Å². The molecule has 0 aliphatic carbocycles. The molecule has 154 valence electrons. The molecular formula is C24H21N5O2. The van der Waals surface area contributed by atoms with Crippen molar-refractivity contribution in [2.24, 2.45) is 0 Å². The van der Waals surface area contributed by atoms with Gasteiger partial charge in [-0.15, -0.1) is 0 Å². The molecule has 1 N–H and O–H groups in total. The van der Waals surface area contributed by atoms with Crippen molar-refractivity contribution in [1.82, 2.24) is 19.4 Å². The predicted octanol–water partition coefficient (Wildman–Crippen LogP) is 2.86. The molecular weight excluding hydrogens is 390 g/mol. The molecule has 0 bridgehead atoms. The molecule has 1 amide bonds. The Labute approximate surface area is 179 Å². The van der Waals surface area contributed by atoms with Gasteiger partial charge in [-0.1, -0.05) is 35.9 Å². The van der Waals surface area contributed by atoms with E-state index in [0.29, 0.717) is 23.3 Å². The third-order valence-corrected chi connectivity index (χ3v) is 5.11. The predicted molar refractivity (Wildman–Crippen MR) is 118 cm³/mol. The standard InChI is InChI=1S/C24H21N5O2/c1-17-7-9-18(10-8-17)16-29-21-6-3-11-26-22(21)28(24(29)31)13-12-27-23(30)20-5-2-4-19(14-20)15-25/h2-11,14H,12-13,16H2,1H3,(H,27,30). The number of aryl methyl sites for hydroxylation is 1. The first-order chi connectivity index (χ1) is 15.1. The fraction of sp³-hybridized carbons (Fsp3) is 0.167. The van der Waals surface area contributed by atoms with Crippen LogP contribution < -0.4 is 11.0 Å². The van der Waals surface area contributed by atoms with E-state index in [1.807, 2.05) is 49.4 Å². The van der Waals surface area contributed by atoms with E-state index in [4.69, 9.17) is 5.26 Å². The quantitative estimate of drug-likeness (QED) is 0.528. The Hall–Kier alpha value is -4.18. The zero-order valence-electron chi connectivity index (χ0n) is 17.1. The number of hydrogen-bond donors (Lipinski definition) is 1. The van der Waals surface area contributed by atoms with Crippen molar-refractivity contribution in [2.75, 3.05) is 6.54 Å². The second kappa shape index (κ2) is 8.67. The van der Waals surface area contributed by atoms with Crippen LogP contribution in [0.4, 0.5) is 0 Å². The van der Waals surface area contributed by atoms with Crippen molar-refractivity contribution in [2.45, 2.75) is 20.0 Å². The van der Waals surface area contributed by atoms with Crippen LogP contribution in [0.25, 0.3) is 11.2 Å². The van der Waals surface area contributed by atoms with Crippen LogP contribution in [-0.2, 0) is 13.1 Å². The number of nitrogens with zero attached hydrogens (tertiary/aromatic N) is 4. The molecule has 0 atom stereocenters. The molecule has 4 aromatic rings. The minimum Gasteiger partial charge on any atom is -0.350 e. The van der Waals surface area contributed by atoms with E-state index < -0.39 is 0 Å². The van der Waals surface area contributed by atoms with E-state index in [9.17, 15) is 9.59 Å². The fourth-order valence-corrected chi connectivity index (χ4v) is 3.49. The second-order valence-electron chi connectivity index (χ2n) is 7.30. The maximum absolute atomic E-state index is 13.1. The summed E-state index contributed by atoms with van der Waals surface area (Å²) in [5, 5.41) is 11.8. The molecule has 2 aromatic carbocycles. The molecule has 2 heterocycles. The highest BCUT2D eigenvalue weighted by molar-refractivity contribution is 5.94. The van der Waals surface area contributed by atoms with Gasteiger partial charge >= 0.3 is 5.69 Å². The maximum atomic E-state index is 13.1. The van der Waals surface area contributed by atoms with Crippen LogP contribution in [0.15, 0.2) is 71.7 Å². The lowest BCUT2D eigenvalue weighted by Gasteiger charge is -2.06. The second-order valence-corrected chi connectivity index (χ2v) is 7.30. The summed E-state index contributed by atoms with van der Waals surface area (Å²) in [6.07, 6.45) is 1.65. The zero-order valence-corrected chi connectivity index (χ0v) is 17.1. The van der Waals surface area contributed by atoms with Crippen molar-refractivity contribution < 1.29 is 4.79 Å². The lowest BCUT2D eigenvalue weighted by Crippen LogP contribution is -2.32. The number of amides is 1. The number of aromatic nitrogens is 3. The highest BCUT2D eigenvalue weighted by Crippen LogP contribution is 2.13. The van der Waals surface area contributed by atoms with Gasteiger partial charge in [-0.2, -0.15) is 5.26 Å². The molecule has 0 radical (unpaired) electrons. The van der Waals surface area contributed by atoms with Gasteiger partial charge in [-0.3, -0.25) is 13.9 Å². The van der Waals surface area contributed by atoms with Gasteiger partial charge < -0.3 is 5.32 Å². The Morgan fingerprint density at radius 1 is 1.10 bits per heavy atom. The van der Waals surface area contributed by atoms with E-state index in [1.54, 1.807) is 33.5 Å². The van der Waals surface area contributed by atoms with Crippen molar-refractivity contribution >= 4 is 17.1 Å². The first kappa shape index (κ1) is 20.1. The Balaban J connectivity index is 1.54. The summed E-state index contributed by atoms with van der Waals surface area (Å²) < 4.78 is 3.28. The highest BCUT2D eigenvalue weighted by atomic mass is 16.2. The Kier molecular flexibility index (Phi) is 5.63.